The molecule has 2 rings (SSSR count). The molecule has 1 N–H and O–H groups in total. The fourth-order valence-electron chi connectivity index (χ4n) is 1.78. The topological polar surface area (TPSA) is 45.2 Å². The second-order valence-electron chi connectivity index (χ2n) is 5.78. The molecule has 4 nitrogen and oxygen atoms in total. The van der Waals surface area contributed by atoms with Gasteiger partial charge in [0.15, 0.2) is 0 Å². The number of halogens is 2. The standard InChI is InChI=1S/C13H17Cl2N3O/c1-13(2,3)12(19)17-9-6-18(7-9)11-10(15)4-8(14)5-16-11/h4-5,9H,6-7H2,1-3H3,(H,17,19). The molecule has 1 aromatic heterocycles. The molecule has 0 aromatic carbocycles. The van der Waals surface area contributed by atoms with Crippen molar-refractivity contribution in [1.29, 1.82) is 0 Å². The highest BCUT2D eigenvalue weighted by molar-refractivity contribution is 6.36. The molecule has 0 atom stereocenters. The van der Waals surface area contributed by atoms with Crippen LogP contribution in [0.15, 0.2) is 12.3 Å². The SMILES string of the molecule is CC(C)(C)C(=O)NC1CN(c2ncc(Cl)cc2Cl)C1. The molecule has 1 aliphatic rings. The maximum Gasteiger partial charge on any atom is 0.225 e. The van der Waals surface area contributed by atoms with Crippen molar-refractivity contribution in [2.45, 2.75) is 26.8 Å². The van der Waals surface area contributed by atoms with Crippen molar-refractivity contribution in [3.05, 3.63) is 22.3 Å². The van der Waals surface area contributed by atoms with E-state index in [1.54, 1.807) is 12.3 Å². The van der Waals surface area contributed by atoms with Crippen LogP contribution in [0.3, 0.4) is 0 Å². The van der Waals surface area contributed by atoms with E-state index in [0.717, 1.165) is 13.1 Å². The lowest BCUT2D eigenvalue weighted by atomic mass is 9.94. The fraction of sp³-hybridized carbons (Fsp3) is 0.538. The molecule has 0 spiro atoms. The third-order valence-corrected chi connectivity index (χ3v) is 3.47. The number of nitrogens with zero attached hydrogens (tertiary/aromatic N) is 2. The van der Waals surface area contributed by atoms with Crippen molar-refractivity contribution in [2.24, 2.45) is 5.41 Å². The lowest BCUT2D eigenvalue weighted by molar-refractivity contribution is -0.129. The van der Waals surface area contributed by atoms with E-state index in [4.69, 9.17) is 23.2 Å². The van der Waals surface area contributed by atoms with Crippen LogP contribution in [0, 0.1) is 5.41 Å². The second kappa shape index (κ2) is 5.17. The van der Waals surface area contributed by atoms with Crippen LogP contribution >= 0.6 is 23.2 Å². The van der Waals surface area contributed by atoms with Crippen molar-refractivity contribution < 1.29 is 4.79 Å². The molecular formula is C13H17Cl2N3O. The van der Waals surface area contributed by atoms with E-state index >= 15 is 0 Å². The normalized spacial score (nSPS) is 16.2. The summed E-state index contributed by atoms with van der Waals surface area (Å²) >= 11 is 11.9. The molecule has 1 aromatic rings. The molecule has 2 heterocycles. The summed E-state index contributed by atoms with van der Waals surface area (Å²) in [5, 5.41) is 4.06. The first-order valence-electron chi connectivity index (χ1n) is 6.14. The molecule has 6 heteroatoms. The second-order valence-corrected chi connectivity index (χ2v) is 6.63. The van der Waals surface area contributed by atoms with E-state index in [1.807, 2.05) is 25.7 Å². The highest BCUT2D eigenvalue weighted by Crippen LogP contribution is 2.29. The molecule has 0 radical (unpaired) electrons. The predicted octanol–water partition coefficient (Wildman–Crippen LogP) is 2.74. The van der Waals surface area contributed by atoms with Gasteiger partial charge in [-0.25, -0.2) is 4.98 Å². The molecule has 0 aliphatic carbocycles. The smallest absolute Gasteiger partial charge is 0.225 e. The van der Waals surface area contributed by atoms with Crippen LogP contribution in [0.1, 0.15) is 20.8 Å². The Balaban J connectivity index is 1.91. The predicted molar refractivity (Wildman–Crippen MR) is 77.9 cm³/mol. The van der Waals surface area contributed by atoms with Gasteiger partial charge in [0.2, 0.25) is 5.91 Å². The molecule has 0 saturated carbocycles. The van der Waals surface area contributed by atoms with Gasteiger partial charge in [-0.05, 0) is 6.07 Å². The molecule has 1 aliphatic heterocycles. The summed E-state index contributed by atoms with van der Waals surface area (Å²) in [5.41, 5.74) is -0.364. The number of aromatic nitrogens is 1. The zero-order valence-electron chi connectivity index (χ0n) is 11.2. The van der Waals surface area contributed by atoms with Gasteiger partial charge in [0.05, 0.1) is 16.1 Å². The first-order valence-corrected chi connectivity index (χ1v) is 6.90. The number of pyridine rings is 1. The van der Waals surface area contributed by atoms with Crippen molar-refractivity contribution in [1.82, 2.24) is 10.3 Å². The summed E-state index contributed by atoms with van der Waals surface area (Å²) in [6, 6.07) is 1.83. The molecule has 19 heavy (non-hydrogen) atoms. The number of carbonyl (C=O) groups excluding carboxylic acids is 1. The lowest BCUT2D eigenvalue weighted by Gasteiger charge is -2.41. The first kappa shape index (κ1) is 14.4. The highest BCUT2D eigenvalue weighted by atomic mass is 35.5. The lowest BCUT2D eigenvalue weighted by Crippen LogP contribution is -2.61. The van der Waals surface area contributed by atoms with Gasteiger partial charge in [0, 0.05) is 24.7 Å². The molecule has 1 saturated heterocycles. The molecule has 0 unspecified atom stereocenters. The summed E-state index contributed by atoms with van der Waals surface area (Å²) in [5.74, 6) is 0.777. The Labute approximate surface area is 123 Å². The Kier molecular flexibility index (Phi) is 3.92. The zero-order chi connectivity index (χ0) is 14.2. The van der Waals surface area contributed by atoms with Gasteiger partial charge >= 0.3 is 0 Å². The maximum atomic E-state index is 11.8. The van der Waals surface area contributed by atoms with E-state index in [-0.39, 0.29) is 17.4 Å². The Bertz CT molecular complexity index is 493. The van der Waals surface area contributed by atoms with Crippen LogP contribution in [0.4, 0.5) is 5.82 Å². The van der Waals surface area contributed by atoms with Crippen LogP contribution in [-0.4, -0.2) is 30.0 Å². The third kappa shape index (κ3) is 3.31. The van der Waals surface area contributed by atoms with Crippen LogP contribution in [0.2, 0.25) is 10.0 Å². The Morgan fingerprint density at radius 1 is 1.42 bits per heavy atom. The van der Waals surface area contributed by atoms with E-state index in [0.29, 0.717) is 15.9 Å². The van der Waals surface area contributed by atoms with E-state index < -0.39 is 0 Å². The molecule has 1 fully saturated rings. The quantitative estimate of drug-likeness (QED) is 0.913. The van der Waals surface area contributed by atoms with Gasteiger partial charge < -0.3 is 10.2 Å². The zero-order valence-corrected chi connectivity index (χ0v) is 12.7. The monoisotopic (exact) mass is 301 g/mol. The van der Waals surface area contributed by atoms with Gasteiger partial charge in [-0.2, -0.15) is 0 Å². The van der Waals surface area contributed by atoms with Gasteiger partial charge in [0.25, 0.3) is 0 Å². The van der Waals surface area contributed by atoms with Crippen molar-refractivity contribution in [2.75, 3.05) is 18.0 Å². The number of hydrogen-bond donors (Lipinski definition) is 1. The van der Waals surface area contributed by atoms with Crippen LogP contribution in [-0.2, 0) is 4.79 Å². The summed E-state index contributed by atoms with van der Waals surface area (Å²) in [6.45, 7) is 7.13. The highest BCUT2D eigenvalue weighted by Gasteiger charge is 2.33. The minimum Gasteiger partial charge on any atom is -0.351 e. The van der Waals surface area contributed by atoms with Crippen molar-refractivity contribution in [3.63, 3.8) is 0 Å². The maximum absolute atomic E-state index is 11.8. The number of rotatable bonds is 2. The average molecular weight is 302 g/mol. The van der Waals surface area contributed by atoms with Crippen LogP contribution in [0.25, 0.3) is 0 Å². The fourth-order valence-corrected chi connectivity index (χ4v) is 2.28. The number of amides is 1. The molecule has 1 amide bonds. The minimum absolute atomic E-state index is 0.0623. The van der Waals surface area contributed by atoms with Crippen LogP contribution in [0.5, 0.6) is 0 Å². The average Bonchev–Trinajstić information content (AvgIpc) is 2.22. The Morgan fingerprint density at radius 2 is 2.05 bits per heavy atom. The Morgan fingerprint density at radius 3 is 2.58 bits per heavy atom. The first-order chi connectivity index (χ1) is 8.77. The van der Waals surface area contributed by atoms with E-state index in [1.165, 1.54) is 0 Å². The molecule has 104 valence electrons. The molecular weight excluding hydrogens is 285 g/mol. The number of hydrogen-bond acceptors (Lipinski definition) is 3. The van der Waals surface area contributed by atoms with E-state index in [2.05, 4.69) is 10.3 Å². The van der Waals surface area contributed by atoms with Gasteiger partial charge in [-0.15, -0.1) is 0 Å². The van der Waals surface area contributed by atoms with Crippen molar-refractivity contribution >= 4 is 34.9 Å². The van der Waals surface area contributed by atoms with Gasteiger partial charge in [0.1, 0.15) is 5.82 Å². The number of nitrogens with one attached hydrogen (secondary N) is 1. The largest absolute Gasteiger partial charge is 0.351 e. The van der Waals surface area contributed by atoms with Gasteiger partial charge in [-0.1, -0.05) is 44.0 Å². The minimum atomic E-state index is -0.364. The Hall–Kier alpha value is -1.000. The van der Waals surface area contributed by atoms with Crippen molar-refractivity contribution in [3.8, 4) is 0 Å². The summed E-state index contributed by atoms with van der Waals surface area (Å²) < 4.78 is 0. The molecule has 0 bridgehead atoms. The summed E-state index contributed by atoms with van der Waals surface area (Å²) in [6.07, 6.45) is 1.57. The third-order valence-electron chi connectivity index (χ3n) is 2.99. The van der Waals surface area contributed by atoms with E-state index in [9.17, 15) is 4.79 Å². The number of anilines is 1. The summed E-state index contributed by atoms with van der Waals surface area (Å²) in [7, 11) is 0. The van der Waals surface area contributed by atoms with Gasteiger partial charge in [-0.3, -0.25) is 4.79 Å². The number of carbonyl (C=O) groups is 1. The summed E-state index contributed by atoms with van der Waals surface area (Å²) in [4.78, 5) is 18.1. The van der Waals surface area contributed by atoms with Crippen LogP contribution < -0.4 is 10.2 Å².